The van der Waals surface area contributed by atoms with Crippen molar-refractivity contribution in [2.24, 2.45) is 5.92 Å². The topological polar surface area (TPSA) is 68.0 Å². The Morgan fingerprint density at radius 2 is 2.08 bits per heavy atom. The van der Waals surface area contributed by atoms with Gasteiger partial charge in [-0.2, -0.15) is 0 Å². The number of hydrogen-bond donors (Lipinski definition) is 1. The lowest BCUT2D eigenvalue weighted by Crippen LogP contribution is -2.10. The highest BCUT2D eigenvalue weighted by molar-refractivity contribution is 5.70. The number of carboxylic acid groups (broad SMARTS) is 1. The summed E-state index contributed by atoms with van der Waals surface area (Å²) in [7, 11) is 0. The Labute approximate surface area is 75.4 Å². The van der Waals surface area contributed by atoms with Crippen molar-refractivity contribution in [2.45, 2.75) is 25.3 Å². The molecule has 1 aromatic heterocycles. The van der Waals surface area contributed by atoms with Gasteiger partial charge in [-0.05, 0) is 19.3 Å². The Kier molecular flexibility index (Phi) is 2.00. The second kappa shape index (κ2) is 3.16. The van der Waals surface area contributed by atoms with Crippen molar-refractivity contribution in [2.75, 3.05) is 0 Å². The summed E-state index contributed by atoms with van der Waals surface area (Å²) in [5.74, 6) is -0.872. The smallest absolute Gasteiger partial charge is 0.306 e. The molecule has 0 radical (unpaired) electrons. The molecule has 0 amide bonds. The molecule has 70 valence electrons. The van der Waals surface area contributed by atoms with Crippen LogP contribution in [0.1, 0.15) is 25.3 Å². The number of hydrogen-bond acceptors (Lipinski definition) is 3. The molecule has 0 unspecified atom stereocenters. The summed E-state index contributed by atoms with van der Waals surface area (Å²) in [5, 5.41) is 16.2. The molecule has 1 aliphatic rings. The van der Waals surface area contributed by atoms with E-state index in [1.165, 1.54) is 0 Å². The molecule has 5 nitrogen and oxygen atoms in total. The third-order valence-corrected chi connectivity index (χ3v) is 2.61. The lowest BCUT2D eigenvalue weighted by molar-refractivity contribution is -0.141. The number of aromatic nitrogens is 3. The molecule has 1 saturated carbocycles. The normalized spacial score (nSPS) is 27.7. The van der Waals surface area contributed by atoms with E-state index < -0.39 is 5.97 Å². The Morgan fingerprint density at radius 1 is 1.38 bits per heavy atom. The van der Waals surface area contributed by atoms with E-state index in [4.69, 9.17) is 5.11 Å². The zero-order valence-corrected chi connectivity index (χ0v) is 7.13. The molecule has 2 rings (SSSR count). The van der Waals surface area contributed by atoms with E-state index in [0.29, 0.717) is 6.42 Å². The highest BCUT2D eigenvalue weighted by atomic mass is 16.4. The van der Waals surface area contributed by atoms with Crippen molar-refractivity contribution >= 4 is 5.97 Å². The molecular weight excluding hydrogens is 170 g/mol. The van der Waals surface area contributed by atoms with Crippen molar-refractivity contribution in [3.05, 3.63) is 12.7 Å². The average molecular weight is 181 g/mol. The second-order valence-electron chi connectivity index (χ2n) is 3.41. The molecule has 1 fully saturated rings. The molecule has 0 spiro atoms. The van der Waals surface area contributed by atoms with Crippen LogP contribution in [-0.4, -0.2) is 25.8 Å². The fourth-order valence-electron chi connectivity index (χ4n) is 1.85. The van der Waals surface area contributed by atoms with Crippen molar-refractivity contribution in [3.8, 4) is 0 Å². The van der Waals surface area contributed by atoms with Crippen LogP contribution < -0.4 is 0 Å². The SMILES string of the molecule is O=C(O)[C@@H]1CC[C@H](n2cnnc2)C1. The number of nitrogens with zero attached hydrogens (tertiary/aromatic N) is 3. The van der Waals surface area contributed by atoms with E-state index in [-0.39, 0.29) is 12.0 Å². The summed E-state index contributed by atoms with van der Waals surface area (Å²) in [4.78, 5) is 10.7. The van der Waals surface area contributed by atoms with Gasteiger partial charge in [-0.25, -0.2) is 0 Å². The van der Waals surface area contributed by atoms with E-state index >= 15 is 0 Å². The summed E-state index contributed by atoms with van der Waals surface area (Å²) in [6, 6.07) is 0.274. The van der Waals surface area contributed by atoms with E-state index in [1.807, 2.05) is 4.57 Å². The number of carboxylic acids is 1. The fourth-order valence-corrected chi connectivity index (χ4v) is 1.85. The molecule has 2 atom stereocenters. The molecule has 0 aliphatic heterocycles. The van der Waals surface area contributed by atoms with Crippen molar-refractivity contribution in [1.82, 2.24) is 14.8 Å². The first-order valence-electron chi connectivity index (χ1n) is 4.34. The van der Waals surface area contributed by atoms with Crippen molar-refractivity contribution in [3.63, 3.8) is 0 Å². The standard InChI is InChI=1S/C8H11N3O2/c12-8(13)6-1-2-7(3-6)11-4-9-10-5-11/h4-7H,1-3H2,(H,12,13)/t6-,7+/m1/s1. The summed E-state index contributed by atoms with van der Waals surface area (Å²) in [5.41, 5.74) is 0. The first-order valence-corrected chi connectivity index (χ1v) is 4.34. The zero-order chi connectivity index (χ0) is 9.26. The van der Waals surface area contributed by atoms with Gasteiger partial charge < -0.3 is 9.67 Å². The Morgan fingerprint density at radius 3 is 2.62 bits per heavy atom. The van der Waals surface area contributed by atoms with Crippen LogP contribution in [0.5, 0.6) is 0 Å². The molecule has 1 heterocycles. The Balaban J connectivity index is 2.03. The minimum atomic E-state index is -0.685. The minimum Gasteiger partial charge on any atom is -0.481 e. The zero-order valence-electron chi connectivity index (χ0n) is 7.13. The lowest BCUT2D eigenvalue weighted by Gasteiger charge is -2.09. The van der Waals surface area contributed by atoms with Crippen LogP contribution in [0.2, 0.25) is 0 Å². The van der Waals surface area contributed by atoms with E-state index in [1.54, 1.807) is 12.7 Å². The molecule has 13 heavy (non-hydrogen) atoms. The van der Waals surface area contributed by atoms with Gasteiger partial charge in [0.15, 0.2) is 0 Å². The third kappa shape index (κ3) is 1.54. The third-order valence-electron chi connectivity index (χ3n) is 2.61. The first kappa shape index (κ1) is 8.22. The van der Waals surface area contributed by atoms with Crippen LogP contribution in [0.3, 0.4) is 0 Å². The molecule has 1 aromatic rings. The van der Waals surface area contributed by atoms with E-state index in [9.17, 15) is 4.79 Å². The largest absolute Gasteiger partial charge is 0.481 e. The van der Waals surface area contributed by atoms with Crippen LogP contribution in [-0.2, 0) is 4.79 Å². The van der Waals surface area contributed by atoms with Crippen molar-refractivity contribution < 1.29 is 9.90 Å². The number of rotatable bonds is 2. The summed E-state index contributed by atoms with van der Waals surface area (Å²) >= 11 is 0. The average Bonchev–Trinajstić information content (AvgIpc) is 2.75. The molecule has 5 heteroatoms. The van der Waals surface area contributed by atoms with Crippen LogP contribution in [0.15, 0.2) is 12.7 Å². The maximum absolute atomic E-state index is 10.7. The Bertz CT molecular complexity index is 296. The number of aliphatic carboxylic acids is 1. The van der Waals surface area contributed by atoms with Crippen LogP contribution >= 0.6 is 0 Å². The summed E-state index contributed by atoms with van der Waals surface area (Å²) in [6.07, 6.45) is 5.67. The monoisotopic (exact) mass is 181 g/mol. The van der Waals surface area contributed by atoms with E-state index in [2.05, 4.69) is 10.2 Å². The van der Waals surface area contributed by atoms with Gasteiger partial charge >= 0.3 is 5.97 Å². The maximum Gasteiger partial charge on any atom is 0.306 e. The lowest BCUT2D eigenvalue weighted by atomic mass is 10.1. The van der Waals surface area contributed by atoms with E-state index in [0.717, 1.165) is 12.8 Å². The predicted octanol–water partition coefficient (Wildman–Crippen LogP) is 0.704. The van der Waals surface area contributed by atoms with Crippen LogP contribution in [0, 0.1) is 5.92 Å². The molecule has 1 aliphatic carbocycles. The minimum absolute atomic E-state index is 0.188. The van der Waals surface area contributed by atoms with Gasteiger partial charge in [0.1, 0.15) is 12.7 Å². The summed E-state index contributed by atoms with van der Waals surface area (Å²) < 4.78 is 1.89. The van der Waals surface area contributed by atoms with Gasteiger partial charge in [0.25, 0.3) is 0 Å². The van der Waals surface area contributed by atoms with Crippen molar-refractivity contribution in [1.29, 1.82) is 0 Å². The van der Waals surface area contributed by atoms with Gasteiger partial charge in [-0.15, -0.1) is 10.2 Å². The second-order valence-corrected chi connectivity index (χ2v) is 3.41. The fraction of sp³-hybridized carbons (Fsp3) is 0.625. The van der Waals surface area contributed by atoms with Gasteiger partial charge in [0.05, 0.1) is 5.92 Å². The van der Waals surface area contributed by atoms with Crippen LogP contribution in [0.4, 0.5) is 0 Å². The number of carbonyl (C=O) groups is 1. The quantitative estimate of drug-likeness (QED) is 0.729. The van der Waals surface area contributed by atoms with Gasteiger partial charge in [0, 0.05) is 6.04 Å². The molecular formula is C8H11N3O2. The van der Waals surface area contributed by atoms with Gasteiger partial charge in [-0.1, -0.05) is 0 Å². The van der Waals surface area contributed by atoms with Gasteiger partial charge in [0.2, 0.25) is 0 Å². The highest BCUT2D eigenvalue weighted by Crippen LogP contribution is 2.34. The molecule has 0 bridgehead atoms. The maximum atomic E-state index is 10.7. The molecule has 0 aromatic carbocycles. The van der Waals surface area contributed by atoms with Gasteiger partial charge in [-0.3, -0.25) is 4.79 Å². The molecule has 1 N–H and O–H groups in total. The predicted molar refractivity (Wildman–Crippen MR) is 44.0 cm³/mol. The highest BCUT2D eigenvalue weighted by Gasteiger charge is 2.30. The Hall–Kier alpha value is -1.39. The first-order chi connectivity index (χ1) is 6.27. The molecule has 0 saturated heterocycles. The van der Waals surface area contributed by atoms with Crippen LogP contribution in [0.25, 0.3) is 0 Å². The summed E-state index contributed by atoms with van der Waals surface area (Å²) in [6.45, 7) is 0.